The number of Topliss-reactive ketones (excluding diaryl/α,β-unsaturated/α-hetero) is 1. The number of nitrogens with one attached hydrogen (secondary N) is 1. The zero-order valence-electron chi connectivity index (χ0n) is 16.2. The van der Waals surface area contributed by atoms with E-state index in [1.165, 1.54) is 18.6 Å². The lowest BCUT2D eigenvalue weighted by Gasteiger charge is -2.35. The van der Waals surface area contributed by atoms with E-state index in [-0.39, 0.29) is 17.7 Å². The van der Waals surface area contributed by atoms with Gasteiger partial charge < -0.3 is 10.1 Å². The Bertz CT molecular complexity index is 864. The lowest BCUT2D eigenvalue weighted by Crippen LogP contribution is -2.35. The summed E-state index contributed by atoms with van der Waals surface area (Å²) in [6, 6.07) is 6.20. The maximum absolute atomic E-state index is 14.0. The first-order valence-corrected chi connectivity index (χ1v) is 10.2. The second kappa shape index (κ2) is 7.90. The van der Waals surface area contributed by atoms with Gasteiger partial charge in [-0.05, 0) is 63.1 Å². The van der Waals surface area contributed by atoms with E-state index < -0.39 is 11.9 Å². The second-order valence-corrected chi connectivity index (χ2v) is 7.99. The first kappa shape index (κ1) is 18.9. The van der Waals surface area contributed by atoms with Gasteiger partial charge >= 0.3 is 5.97 Å². The fraction of sp³-hybridized carbons (Fsp3) is 0.478. The number of carbonyl (C=O) groups excluding carboxylic acids is 2. The normalized spacial score (nSPS) is 23.4. The van der Waals surface area contributed by atoms with Gasteiger partial charge in [0, 0.05) is 29.3 Å². The molecule has 0 aromatic heterocycles. The van der Waals surface area contributed by atoms with Crippen molar-refractivity contribution in [1.29, 1.82) is 0 Å². The van der Waals surface area contributed by atoms with Crippen molar-refractivity contribution in [3.05, 3.63) is 58.2 Å². The van der Waals surface area contributed by atoms with E-state index in [1.807, 2.05) is 6.92 Å². The predicted molar refractivity (Wildman–Crippen MR) is 104 cm³/mol. The minimum atomic E-state index is -0.573. The molecule has 148 valence electrons. The summed E-state index contributed by atoms with van der Waals surface area (Å²) in [4.78, 5) is 26.0. The van der Waals surface area contributed by atoms with Gasteiger partial charge in [-0.25, -0.2) is 9.18 Å². The molecule has 28 heavy (non-hydrogen) atoms. The smallest absolute Gasteiger partial charge is 0.337 e. The number of carbonyl (C=O) groups is 2. The number of esters is 1. The van der Waals surface area contributed by atoms with Crippen LogP contribution < -0.4 is 5.32 Å². The molecule has 1 aromatic rings. The van der Waals surface area contributed by atoms with Crippen LogP contribution in [0.1, 0.15) is 69.8 Å². The standard InChI is InChI=1S/C23H26FNO3/c1-14-20(23(27)28-17-9-3-2-4-10-17)21(15-7-5-8-16(24)13-15)22-18(25-14)11-6-12-19(22)26/h5,7-8,13,17,21,25H,2-4,6,9-12H2,1H3. The monoisotopic (exact) mass is 383 g/mol. The van der Waals surface area contributed by atoms with Crippen LogP contribution in [0.4, 0.5) is 4.39 Å². The quantitative estimate of drug-likeness (QED) is 0.771. The van der Waals surface area contributed by atoms with Crippen LogP contribution in [-0.2, 0) is 14.3 Å². The SMILES string of the molecule is CC1=C(C(=O)OC2CCCCC2)C(c2cccc(F)c2)C2=C(CCCC2=O)N1. The Balaban J connectivity index is 1.74. The van der Waals surface area contributed by atoms with Crippen LogP contribution >= 0.6 is 0 Å². The summed E-state index contributed by atoms with van der Waals surface area (Å²) >= 11 is 0. The van der Waals surface area contributed by atoms with Crippen LogP contribution in [0.15, 0.2) is 46.8 Å². The van der Waals surface area contributed by atoms with Gasteiger partial charge in [0.1, 0.15) is 11.9 Å². The Hall–Kier alpha value is -2.43. The van der Waals surface area contributed by atoms with Gasteiger partial charge in [-0.1, -0.05) is 18.6 Å². The molecule has 1 N–H and O–H groups in total. The summed E-state index contributed by atoms with van der Waals surface area (Å²) < 4.78 is 19.8. The number of ketones is 1. The molecular weight excluding hydrogens is 357 g/mol. The van der Waals surface area contributed by atoms with Crippen molar-refractivity contribution >= 4 is 11.8 Å². The maximum atomic E-state index is 14.0. The van der Waals surface area contributed by atoms with Gasteiger partial charge in [0.25, 0.3) is 0 Å². The largest absolute Gasteiger partial charge is 0.459 e. The summed E-state index contributed by atoms with van der Waals surface area (Å²) in [6.07, 6.45) is 6.98. The molecule has 1 unspecified atom stereocenters. The average Bonchev–Trinajstić information content (AvgIpc) is 2.68. The van der Waals surface area contributed by atoms with Gasteiger partial charge in [-0.3, -0.25) is 4.79 Å². The van der Waals surface area contributed by atoms with Crippen LogP contribution in [-0.4, -0.2) is 17.9 Å². The lowest BCUT2D eigenvalue weighted by molar-refractivity contribution is -0.146. The van der Waals surface area contributed by atoms with Gasteiger partial charge in [-0.15, -0.1) is 0 Å². The Morgan fingerprint density at radius 2 is 1.93 bits per heavy atom. The highest BCUT2D eigenvalue weighted by molar-refractivity contribution is 6.03. The van der Waals surface area contributed by atoms with E-state index >= 15 is 0 Å². The number of rotatable bonds is 3. The molecule has 1 aliphatic heterocycles. The van der Waals surface area contributed by atoms with Crippen LogP contribution in [0, 0.1) is 5.82 Å². The minimum Gasteiger partial charge on any atom is -0.459 e. The van der Waals surface area contributed by atoms with Gasteiger partial charge in [0.2, 0.25) is 0 Å². The summed E-state index contributed by atoms with van der Waals surface area (Å²) in [5.41, 5.74) is 3.21. The zero-order chi connectivity index (χ0) is 19.7. The van der Waals surface area contributed by atoms with Gasteiger partial charge in [0.05, 0.1) is 5.57 Å². The van der Waals surface area contributed by atoms with Crippen molar-refractivity contribution in [3.8, 4) is 0 Å². The highest BCUT2D eigenvalue weighted by Crippen LogP contribution is 2.43. The van der Waals surface area contributed by atoms with E-state index in [4.69, 9.17) is 4.74 Å². The van der Waals surface area contributed by atoms with E-state index in [2.05, 4.69) is 5.32 Å². The molecular formula is C23H26FNO3. The molecule has 4 rings (SSSR count). The molecule has 1 atom stereocenters. The number of allylic oxidation sites excluding steroid dienone is 3. The Kier molecular flexibility index (Phi) is 5.33. The average molecular weight is 383 g/mol. The molecule has 0 spiro atoms. The van der Waals surface area contributed by atoms with Crippen LogP contribution in [0.3, 0.4) is 0 Å². The molecule has 0 amide bonds. The third-order valence-corrected chi connectivity index (χ3v) is 6.00. The zero-order valence-corrected chi connectivity index (χ0v) is 16.2. The third-order valence-electron chi connectivity index (χ3n) is 6.00. The van der Waals surface area contributed by atoms with Crippen LogP contribution in [0.5, 0.6) is 0 Å². The molecule has 5 heteroatoms. The molecule has 3 aliphatic rings. The number of benzene rings is 1. The Morgan fingerprint density at radius 3 is 2.68 bits per heavy atom. The molecule has 0 radical (unpaired) electrons. The summed E-state index contributed by atoms with van der Waals surface area (Å²) in [5, 5.41) is 3.28. The van der Waals surface area contributed by atoms with Crippen molar-refractivity contribution in [3.63, 3.8) is 0 Å². The first-order valence-electron chi connectivity index (χ1n) is 10.2. The molecule has 0 bridgehead atoms. The molecule has 1 fully saturated rings. The molecule has 2 aliphatic carbocycles. The molecule has 1 heterocycles. The fourth-order valence-electron chi connectivity index (χ4n) is 4.67. The third kappa shape index (κ3) is 3.62. The topological polar surface area (TPSA) is 55.4 Å². The molecule has 1 aromatic carbocycles. The summed E-state index contributed by atoms with van der Waals surface area (Å²) in [7, 11) is 0. The van der Waals surface area contributed by atoms with Crippen molar-refractivity contribution in [2.24, 2.45) is 0 Å². The number of dihydropyridines is 1. The fourth-order valence-corrected chi connectivity index (χ4v) is 4.67. The van der Waals surface area contributed by atoms with E-state index in [0.29, 0.717) is 28.8 Å². The van der Waals surface area contributed by atoms with Crippen LogP contribution in [0.25, 0.3) is 0 Å². The van der Waals surface area contributed by atoms with Crippen molar-refractivity contribution in [1.82, 2.24) is 5.32 Å². The highest BCUT2D eigenvalue weighted by atomic mass is 19.1. The molecule has 0 saturated heterocycles. The Labute approximate surface area is 164 Å². The number of ether oxygens (including phenoxy) is 1. The molecule has 4 nitrogen and oxygen atoms in total. The second-order valence-electron chi connectivity index (χ2n) is 7.99. The van der Waals surface area contributed by atoms with E-state index in [1.54, 1.807) is 12.1 Å². The summed E-state index contributed by atoms with van der Waals surface area (Å²) in [5.74, 6) is -1.32. The highest BCUT2D eigenvalue weighted by Gasteiger charge is 2.39. The van der Waals surface area contributed by atoms with Crippen molar-refractivity contribution < 1.29 is 18.7 Å². The number of hydrogen-bond donors (Lipinski definition) is 1. The van der Waals surface area contributed by atoms with Gasteiger partial charge in [0.15, 0.2) is 5.78 Å². The minimum absolute atomic E-state index is 0.0264. The molecule has 1 saturated carbocycles. The summed E-state index contributed by atoms with van der Waals surface area (Å²) in [6.45, 7) is 1.84. The van der Waals surface area contributed by atoms with E-state index in [9.17, 15) is 14.0 Å². The van der Waals surface area contributed by atoms with Crippen LogP contribution in [0.2, 0.25) is 0 Å². The predicted octanol–water partition coefficient (Wildman–Crippen LogP) is 4.67. The van der Waals surface area contributed by atoms with E-state index in [0.717, 1.165) is 44.2 Å². The number of hydrogen-bond acceptors (Lipinski definition) is 4. The van der Waals surface area contributed by atoms with Crippen molar-refractivity contribution in [2.45, 2.75) is 70.3 Å². The first-order chi connectivity index (χ1) is 13.5. The number of halogens is 1. The van der Waals surface area contributed by atoms with Crippen molar-refractivity contribution in [2.75, 3.05) is 0 Å². The maximum Gasteiger partial charge on any atom is 0.337 e. The lowest BCUT2D eigenvalue weighted by atomic mass is 9.75. The Morgan fingerprint density at radius 1 is 1.14 bits per heavy atom. The van der Waals surface area contributed by atoms with Gasteiger partial charge in [-0.2, -0.15) is 0 Å².